The van der Waals surface area contributed by atoms with E-state index < -0.39 is 0 Å². The van der Waals surface area contributed by atoms with Crippen molar-refractivity contribution in [2.24, 2.45) is 5.92 Å². The third kappa shape index (κ3) is 1.50. The molecular formula is C19H23NO2. The highest BCUT2D eigenvalue weighted by Gasteiger charge is 2.53. The van der Waals surface area contributed by atoms with Crippen molar-refractivity contribution in [3.8, 4) is 5.75 Å². The highest BCUT2D eigenvalue weighted by molar-refractivity contribution is 5.84. The van der Waals surface area contributed by atoms with Gasteiger partial charge in [0.1, 0.15) is 17.1 Å². The maximum absolute atomic E-state index is 9.84. The van der Waals surface area contributed by atoms with Crippen LogP contribution in [0.5, 0.6) is 5.75 Å². The molecule has 6 rings (SSSR count). The molecule has 1 saturated carbocycles. The van der Waals surface area contributed by atoms with E-state index in [4.69, 9.17) is 4.42 Å². The summed E-state index contributed by atoms with van der Waals surface area (Å²) >= 11 is 0. The number of piperidine rings is 2. The average Bonchev–Trinajstić information content (AvgIpc) is 2.77. The van der Waals surface area contributed by atoms with Gasteiger partial charge in [-0.2, -0.15) is 0 Å². The fraction of sp³-hybridized carbons (Fsp3) is 0.579. The normalized spacial score (nSPS) is 35.4. The van der Waals surface area contributed by atoms with E-state index in [9.17, 15) is 5.11 Å². The van der Waals surface area contributed by atoms with Crippen molar-refractivity contribution in [2.45, 2.75) is 57.0 Å². The van der Waals surface area contributed by atoms with Crippen LogP contribution in [0.25, 0.3) is 11.0 Å². The second kappa shape index (κ2) is 4.08. The van der Waals surface area contributed by atoms with Gasteiger partial charge in [0.15, 0.2) is 0 Å². The van der Waals surface area contributed by atoms with Crippen molar-refractivity contribution < 1.29 is 9.52 Å². The predicted molar refractivity (Wildman–Crippen MR) is 86.2 cm³/mol. The van der Waals surface area contributed by atoms with Gasteiger partial charge in [0.25, 0.3) is 0 Å². The molecule has 4 heterocycles. The number of fused-ring (bicyclic) bond motifs is 4. The van der Waals surface area contributed by atoms with Crippen LogP contribution in [0.2, 0.25) is 0 Å². The number of nitrogens with zero attached hydrogens (tertiary/aromatic N) is 1. The second-order valence-corrected chi connectivity index (χ2v) is 7.91. The van der Waals surface area contributed by atoms with Crippen molar-refractivity contribution in [1.29, 1.82) is 0 Å². The number of phenolic OH excluding ortho intramolecular Hbond substituents is 1. The van der Waals surface area contributed by atoms with Crippen molar-refractivity contribution in [3.63, 3.8) is 0 Å². The summed E-state index contributed by atoms with van der Waals surface area (Å²) in [6.45, 7) is 5.97. The maximum atomic E-state index is 9.84. The number of aromatic hydroxyl groups is 1. The molecule has 22 heavy (non-hydrogen) atoms. The highest BCUT2D eigenvalue weighted by atomic mass is 16.3. The van der Waals surface area contributed by atoms with Crippen molar-refractivity contribution in [2.75, 3.05) is 6.54 Å². The molecule has 4 unspecified atom stereocenters. The third-order valence-electron chi connectivity index (χ3n) is 6.70. The summed E-state index contributed by atoms with van der Waals surface area (Å²) in [7, 11) is 0. The quantitative estimate of drug-likeness (QED) is 0.797. The van der Waals surface area contributed by atoms with E-state index in [1.54, 1.807) is 6.07 Å². The largest absolute Gasteiger partial charge is 0.508 e. The minimum absolute atomic E-state index is 0.320. The molecule has 0 spiro atoms. The summed E-state index contributed by atoms with van der Waals surface area (Å²) in [5.74, 6) is 2.87. The molecule has 3 fully saturated rings. The first kappa shape index (κ1) is 13.0. The molecule has 1 aromatic carbocycles. The Balaban J connectivity index is 1.70. The van der Waals surface area contributed by atoms with E-state index in [1.807, 2.05) is 12.1 Å². The van der Waals surface area contributed by atoms with Gasteiger partial charge < -0.3 is 9.52 Å². The van der Waals surface area contributed by atoms with Crippen LogP contribution in [0, 0.1) is 5.92 Å². The molecule has 3 aliphatic heterocycles. The Morgan fingerprint density at radius 2 is 2.14 bits per heavy atom. The van der Waals surface area contributed by atoms with E-state index in [-0.39, 0.29) is 0 Å². The van der Waals surface area contributed by atoms with Gasteiger partial charge >= 0.3 is 0 Å². The number of phenols is 1. The molecule has 1 N–H and O–H groups in total. The molecule has 1 aliphatic carbocycles. The van der Waals surface area contributed by atoms with Crippen LogP contribution in [0.4, 0.5) is 0 Å². The molecule has 4 bridgehead atoms. The van der Waals surface area contributed by atoms with Crippen LogP contribution in [-0.4, -0.2) is 28.1 Å². The van der Waals surface area contributed by atoms with Crippen LogP contribution in [0.3, 0.4) is 0 Å². The Labute approximate surface area is 130 Å². The van der Waals surface area contributed by atoms with Crippen molar-refractivity contribution >= 4 is 11.0 Å². The van der Waals surface area contributed by atoms with Gasteiger partial charge in [-0.15, -0.1) is 0 Å². The van der Waals surface area contributed by atoms with E-state index in [1.165, 1.54) is 30.6 Å². The van der Waals surface area contributed by atoms with Gasteiger partial charge in [0, 0.05) is 35.0 Å². The summed E-state index contributed by atoms with van der Waals surface area (Å²) in [6, 6.07) is 6.16. The van der Waals surface area contributed by atoms with E-state index >= 15 is 0 Å². The predicted octanol–water partition coefficient (Wildman–Crippen LogP) is 4.04. The Morgan fingerprint density at radius 1 is 1.27 bits per heavy atom. The summed E-state index contributed by atoms with van der Waals surface area (Å²) in [6.07, 6.45) is 4.96. The molecule has 2 aromatic rings. The molecule has 4 aliphatic rings. The molecule has 0 amide bonds. The Hall–Kier alpha value is -1.48. The molecule has 3 heteroatoms. The lowest BCUT2D eigenvalue weighted by Crippen LogP contribution is -2.63. The lowest BCUT2D eigenvalue weighted by atomic mass is 9.63. The van der Waals surface area contributed by atoms with Gasteiger partial charge in [-0.3, -0.25) is 4.90 Å². The number of benzene rings is 1. The summed E-state index contributed by atoms with van der Waals surface area (Å²) in [4.78, 5) is 2.75. The van der Waals surface area contributed by atoms with Crippen molar-refractivity contribution in [1.82, 2.24) is 4.90 Å². The molecule has 1 aromatic heterocycles. The van der Waals surface area contributed by atoms with E-state index in [0.29, 0.717) is 23.2 Å². The third-order valence-corrected chi connectivity index (χ3v) is 6.70. The smallest absolute Gasteiger partial charge is 0.134 e. The van der Waals surface area contributed by atoms with Gasteiger partial charge in [0.05, 0.1) is 0 Å². The monoisotopic (exact) mass is 297 g/mol. The lowest BCUT2D eigenvalue weighted by molar-refractivity contribution is -0.0780. The topological polar surface area (TPSA) is 36.6 Å². The average molecular weight is 297 g/mol. The Kier molecular flexibility index (Phi) is 2.41. The molecule has 4 atom stereocenters. The molecule has 2 saturated heterocycles. The number of furan rings is 1. The lowest BCUT2D eigenvalue weighted by Gasteiger charge is -2.59. The zero-order chi connectivity index (χ0) is 15.1. The maximum Gasteiger partial charge on any atom is 0.134 e. The first-order valence-electron chi connectivity index (χ1n) is 8.57. The van der Waals surface area contributed by atoms with Crippen LogP contribution >= 0.6 is 0 Å². The molecule has 0 radical (unpaired) electrons. The highest BCUT2D eigenvalue weighted by Crippen LogP contribution is 2.54. The Bertz CT molecular complexity index is 760. The number of hydrogen-bond acceptors (Lipinski definition) is 3. The Morgan fingerprint density at radius 3 is 3.00 bits per heavy atom. The zero-order valence-corrected chi connectivity index (χ0v) is 13.3. The van der Waals surface area contributed by atoms with Crippen LogP contribution in [-0.2, 0) is 6.42 Å². The fourth-order valence-electron chi connectivity index (χ4n) is 5.51. The standard InChI is InChI=1S/C19H23NO2/c1-19(2)11-3-5-16-15(9-11)18-13(7-8-20(16)19)14-10-12(21)4-6-17(14)22-18/h4,6,10-11,15-16,21H,3,5,7-9H2,1-2H3. The van der Waals surface area contributed by atoms with Gasteiger partial charge in [-0.25, -0.2) is 0 Å². The second-order valence-electron chi connectivity index (χ2n) is 7.91. The van der Waals surface area contributed by atoms with E-state index in [0.717, 1.165) is 29.9 Å². The minimum Gasteiger partial charge on any atom is -0.508 e. The van der Waals surface area contributed by atoms with E-state index in [2.05, 4.69) is 18.7 Å². The van der Waals surface area contributed by atoms with Crippen LogP contribution in [0.15, 0.2) is 22.6 Å². The van der Waals surface area contributed by atoms with Gasteiger partial charge in [0.2, 0.25) is 0 Å². The molecule has 116 valence electrons. The first-order valence-corrected chi connectivity index (χ1v) is 8.57. The van der Waals surface area contributed by atoms with Crippen LogP contribution in [0.1, 0.15) is 50.4 Å². The molecular weight excluding hydrogens is 274 g/mol. The van der Waals surface area contributed by atoms with Gasteiger partial charge in [-0.05, 0) is 63.6 Å². The summed E-state index contributed by atoms with van der Waals surface area (Å²) in [5, 5.41) is 11.0. The first-order chi connectivity index (χ1) is 10.6. The SMILES string of the molecule is CC1(C)C2CCC3C(C2)c2oc4ccc(O)cc4c2CCN31. The fourth-order valence-corrected chi connectivity index (χ4v) is 5.51. The summed E-state index contributed by atoms with van der Waals surface area (Å²) < 4.78 is 6.29. The van der Waals surface area contributed by atoms with Gasteiger partial charge in [-0.1, -0.05) is 0 Å². The minimum atomic E-state index is 0.320. The number of hydrogen-bond donors (Lipinski definition) is 1. The zero-order valence-electron chi connectivity index (χ0n) is 13.3. The number of rotatable bonds is 0. The molecule has 3 nitrogen and oxygen atoms in total. The summed E-state index contributed by atoms with van der Waals surface area (Å²) in [5.41, 5.74) is 2.61. The van der Waals surface area contributed by atoms with Crippen LogP contribution < -0.4 is 0 Å². The van der Waals surface area contributed by atoms with Crippen molar-refractivity contribution in [3.05, 3.63) is 29.5 Å².